The number of pyridine rings is 1. The number of rotatable bonds is 4. The molecule has 1 atom stereocenters. The van der Waals surface area contributed by atoms with Gasteiger partial charge in [0.25, 0.3) is 0 Å². The number of ether oxygens (including phenoxy) is 1. The number of nitrogens with zero attached hydrogens (tertiary/aromatic N) is 1. The monoisotopic (exact) mass is 354 g/mol. The Morgan fingerprint density at radius 3 is 2.44 bits per heavy atom. The summed E-state index contributed by atoms with van der Waals surface area (Å²) in [7, 11) is 1.93. The number of benzene rings is 1. The first-order chi connectivity index (χ1) is 8.69. The molecule has 1 heterocycles. The van der Waals surface area contributed by atoms with Crippen molar-refractivity contribution in [2.45, 2.75) is 13.0 Å². The molecule has 0 fully saturated rings. The van der Waals surface area contributed by atoms with Gasteiger partial charge in [-0.15, -0.1) is 0 Å². The largest absolute Gasteiger partial charge is 0.439 e. The topological polar surface area (TPSA) is 34.1 Å². The van der Waals surface area contributed by atoms with E-state index in [0.29, 0.717) is 11.9 Å². The van der Waals surface area contributed by atoms with Gasteiger partial charge in [0.1, 0.15) is 5.75 Å². The Morgan fingerprint density at radius 1 is 1.17 bits per heavy atom. The van der Waals surface area contributed by atoms with Crippen molar-refractivity contribution in [3.8, 4) is 11.6 Å². The van der Waals surface area contributed by atoms with E-state index in [-0.39, 0.29) is 0 Å². The maximum absolute atomic E-state index is 5.67. The number of halogens is 1. The Kier molecular flexibility index (Phi) is 4.54. The van der Waals surface area contributed by atoms with Gasteiger partial charge in [-0.05, 0) is 66.4 Å². The van der Waals surface area contributed by atoms with E-state index in [1.165, 1.54) is 3.57 Å². The molecule has 1 aromatic heterocycles. The highest BCUT2D eigenvalue weighted by Gasteiger charge is 2.04. The van der Waals surface area contributed by atoms with Crippen LogP contribution < -0.4 is 10.1 Å². The molecule has 0 aliphatic carbocycles. The quantitative estimate of drug-likeness (QED) is 0.849. The molecule has 0 saturated carbocycles. The second-order valence-electron chi connectivity index (χ2n) is 4.00. The zero-order chi connectivity index (χ0) is 13.0. The van der Waals surface area contributed by atoms with Crippen molar-refractivity contribution >= 4 is 22.6 Å². The molecule has 1 aromatic carbocycles. The lowest BCUT2D eigenvalue weighted by atomic mass is 10.1. The van der Waals surface area contributed by atoms with Crippen molar-refractivity contribution in [3.63, 3.8) is 0 Å². The molecule has 0 radical (unpaired) electrons. The molecule has 2 aromatic rings. The molecule has 0 aliphatic heterocycles. The molecule has 0 saturated heterocycles. The zero-order valence-corrected chi connectivity index (χ0v) is 12.5. The maximum atomic E-state index is 5.67. The van der Waals surface area contributed by atoms with Crippen LogP contribution in [-0.2, 0) is 0 Å². The van der Waals surface area contributed by atoms with Gasteiger partial charge in [0.2, 0.25) is 5.88 Å². The van der Waals surface area contributed by atoms with E-state index in [1.807, 2.05) is 49.6 Å². The van der Waals surface area contributed by atoms with Crippen LogP contribution >= 0.6 is 22.6 Å². The van der Waals surface area contributed by atoms with Gasteiger partial charge in [-0.3, -0.25) is 0 Å². The number of nitrogens with one attached hydrogen (secondary N) is 1. The molecule has 0 spiro atoms. The lowest BCUT2D eigenvalue weighted by Crippen LogP contribution is -2.12. The average Bonchev–Trinajstić information content (AvgIpc) is 2.41. The van der Waals surface area contributed by atoms with Crippen molar-refractivity contribution in [3.05, 3.63) is 51.7 Å². The van der Waals surface area contributed by atoms with Crippen molar-refractivity contribution in [2.75, 3.05) is 7.05 Å². The predicted molar refractivity (Wildman–Crippen MR) is 80.9 cm³/mol. The second-order valence-corrected chi connectivity index (χ2v) is 5.24. The molecule has 0 bridgehead atoms. The van der Waals surface area contributed by atoms with Gasteiger partial charge in [0.15, 0.2) is 0 Å². The maximum Gasteiger partial charge on any atom is 0.219 e. The Morgan fingerprint density at radius 2 is 1.89 bits per heavy atom. The molecule has 18 heavy (non-hydrogen) atoms. The number of hydrogen-bond donors (Lipinski definition) is 1. The normalized spacial score (nSPS) is 12.2. The van der Waals surface area contributed by atoms with E-state index in [9.17, 15) is 0 Å². The molecular formula is C14H15IN2O. The van der Waals surface area contributed by atoms with Crippen LogP contribution in [0.2, 0.25) is 0 Å². The van der Waals surface area contributed by atoms with E-state index in [2.05, 4.69) is 39.8 Å². The van der Waals surface area contributed by atoms with Gasteiger partial charge in [-0.25, -0.2) is 4.98 Å². The molecule has 4 heteroatoms. The summed E-state index contributed by atoms with van der Waals surface area (Å²) in [5.41, 5.74) is 1.15. The van der Waals surface area contributed by atoms with Crippen LogP contribution in [0.1, 0.15) is 18.5 Å². The summed E-state index contributed by atoms with van der Waals surface area (Å²) in [4.78, 5) is 4.30. The Hall–Kier alpha value is -1.14. The smallest absolute Gasteiger partial charge is 0.219 e. The Balaban J connectivity index is 2.08. The summed E-state index contributed by atoms with van der Waals surface area (Å²) >= 11 is 2.27. The van der Waals surface area contributed by atoms with Crippen LogP contribution in [0.15, 0.2) is 42.6 Å². The van der Waals surface area contributed by atoms with Crippen LogP contribution in [0, 0.1) is 3.57 Å². The highest BCUT2D eigenvalue weighted by Crippen LogP contribution is 2.21. The first kappa shape index (κ1) is 13.3. The van der Waals surface area contributed by atoms with Gasteiger partial charge in [0.05, 0.1) is 0 Å². The van der Waals surface area contributed by atoms with Gasteiger partial charge < -0.3 is 10.1 Å². The SMILES string of the molecule is CNC(C)c1ccc(Oc2ccc(I)cc2)nc1. The first-order valence-electron chi connectivity index (χ1n) is 5.75. The van der Waals surface area contributed by atoms with Gasteiger partial charge in [-0.1, -0.05) is 6.07 Å². The third-order valence-electron chi connectivity index (χ3n) is 2.73. The molecule has 0 amide bonds. The van der Waals surface area contributed by atoms with Crippen LogP contribution in [0.4, 0.5) is 0 Å². The van der Waals surface area contributed by atoms with E-state index < -0.39 is 0 Å². The minimum absolute atomic E-state index is 0.296. The summed E-state index contributed by atoms with van der Waals surface area (Å²) < 4.78 is 6.85. The fraction of sp³-hybridized carbons (Fsp3) is 0.214. The molecule has 2 rings (SSSR count). The van der Waals surface area contributed by atoms with E-state index >= 15 is 0 Å². The molecule has 94 valence electrons. The van der Waals surface area contributed by atoms with Crippen molar-refractivity contribution in [1.29, 1.82) is 0 Å². The van der Waals surface area contributed by atoms with Crippen molar-refractivity contribution in [2.24, 2.45) is 0 Å². The fourth-order valence-electron chi connectivity index (χ4n) is 1.50. The van der Waals surface area contributed by atoms with Crippen LogP contribution in [0.25, 0.3) is 0 Å². The predicted octanol–water partition coefficient (Wildman–Crippen LogP) is 3.76. The zero-order valence-electron chi connectivity index (χ0n) is 10.4. The second kappa shape index (κ2) is 6.15. The molecule has 1 unspecified atom stereocenters. The van der Waals surface area contributed by atoms with Gasteiger partial charge in [0, 0.05) is 21.9 Å². The Bertz CT molecular complexity index is 496. The van der Waals surface area contributed by atoms with E-state index in [0.717, 1.165) is 11.3 Å². The van der Waals surface area contributed by atoms with E-state index in [1.54, 1.807) is 0 Å². The number of hydrogen-bond acceptors (Lipinski definition) is 3. The third kappa shape index (κ3) is 3.43. The molecule has 1 N–H and O–H groups in total. The average molecular weight is 354 g/mol. The Labute approximate surface area is 121 Å². The lowest BCUT2D eigenvalue weighted by Gasteiger charge is -2.10. The summed E-state index contributed by atoms with van der Waals surface area (Å²) in [6.07, 6.45) is 1.84. The summed E-state index contributed by atoms with van der Waals surface area (Å²) in [6.45, 7) is 2.09. The third-order valence-corrected chi connectivity index (χ3v) is 3.45. The fourth-order valence-corrected chi connectivity index (χ4v) is 1.86. The van der Waals surface area contributed by atoms with Crippen LogP contribution in [0.3, 0.4) is 0 Å². The first-order valence-corrected chi connectivity index (χ1v) is 6.83. The highest BCUT2D eigenvalue weighted by atomic mass is 127. The number of aromatic nitrogens is 1. The summed E-state index contributed by atoms with van der Waals surface area (Å²) in [5.74, 6) is 1.42. The molecular weight excluding hydrogens is 339 g/mol. The standard InChI is InChI=1S/C14H15IN2O/c1-10(16-2)11-3-8-14(17-9-11)18-13-6-4-12(15)5-7-13/h3-10,16H,1-2H3. The van der Waals surface area contributed by atoms with Crippen LogP contribution in [-0.4, -0.2) is 12.0 Å². The lowest BCUT2D eigenvalue weighted by molar-refractivity contribution is 0.461. The molecule has 3 nitrogen and oxygen atoms in total. The van der Waals surface area contributed by atoms with E-state index in [4.69, 9.17) is 4.74 Å². The summed E-state index contributed by atoms with van der Waals surface area (Å²) in [5, 5.41) is 3.17. The molecule has 0 aliphatic rings. The summed E-state index contributed by atoms with van der Waals surface area (Å²) in [6, 6.07) is 12.1. The minimum Gasteiger partial charge on any atom is -0.439 e. The van der Waals surface area contributed by atoms with Crippen molar-refractivity contribution in [1.82, 2.24) is 10.3 Å². The van der Waals surface area contributed by atoms with Crippen molar-refractivity contribution < 1.29 is 4.74 Å². The van der Waals surface area contributed by atoms with Gasteiger partial charge in [-0.2, -0.15) is 0 Å². The highest BCUT2D eigenvalue weighted by molar-refractivity contribution is 14.1. The minimum atomic E-state index is 0.296. The van der Waals surface area contributed by atoms with Gasteiger partial charge >= 0.3 is 0 Å². The van der Waals surface area contributed by atoms with Crippen LogP contribution in [0.5, 0.6) is 11.6 Å².